The first kappa shape index (κ1) is 21.3. The maximum Gasteiger partial charge on any atom is 0.320 e. The third kappa shape index (κ3) is 4.54. The molecule has 0 fully saturated rings. The molecule has 0 unspecified atom stereocenters. The number of nitrogens with one attached hydrogen (secondary N) is 1. The fraction of sp³-hybridized carbons (Fsp3) is 0.167. The summed E-state index contributed by atoms with van der Waals surface area (Å²) in [7, 11) is 0. The predicted octanol–water partition coefficient (Wildman–Crippen LogP) is 5.51. The van der Waals surface area contributed by atoms with Crippen molar-refractivity contribution in [2.75, 3.05) is 18.5 Å². The minimum absolute atomic E-state index is 0.162. The summed E-state index contributed by atoms with van der Waals surface area (Å²) in [5.41, 5.74) is 1.88. The topological polar surface area (TPSA) is 65.4 Å². The summed E-state index contributed by atoms with van der Waals surface area (Å²) in [5.74, 6) is 0.846. The maximum absolute atomic E-state index is 13.7. The van der Waals surface area contributed by atoms with Gasteiger partial charge in [0.25, 0.3) is 5.91 Å². The van der Waals surface area contributed by atoms with Gasteiger partial charge in [-0.25, -0.2) is 4.98 Å². The Morgan fingerprint density at radius 2 is 1.62 bits per heavy atom. The van der Waals surface area contributed by atoms with Crippen LogP contribution in [0.15, 0.2) is 72.8 Å². The summed E-state index contributed by atoms with van der Waals surface area (Å²) >= 11 is 0. The molecule has 1 amide bonds. The van der Waals surface area contributed by atoms with Gasteiger partial charge >= 0.3 is 6.55 Å². The van der Waals surface area contributed by atoms with E-state index in [0.29, 0.717) is 40.4 Å². The molecule has 0 atom stereocenters. The van der Waals surface area contributed by atoms with E-state index in [-0.39, 0.29) is 18.3 Å². The molecule has 0 aliphatic rings. The Bertz CT molecular complexity index is 1220. The predicted molar refractivity (Wildman–Crippen MR) is 118 cm³/mol. The monoisotopic (exact) mass is 437 g/mol. The average molecular weight is 437 g/mol. The van der Waals surface area contributed by atoms with Crippen LogP contribution in [0.3, 0.4) is 0 Å². The van der Waals surface area contributed by atoms with E-state index in [1.54, 1.807) is 66.7 Å². The fourth-order valence-electron chi connectivity index (χ4n) is 3.33. The van der Waals surface area contributed by atoms with Crippen LogP contribution in [0.5, 0.6) is 11.5 Å². The molecule has 0 radical (unpaired) electrons. The largest absolute Gasteiger partial charge is 0.490 e. The molecule has 1 aromatic heterocycles. The molecule has 1 N–H and O–H groups in total. The zero-order valence-corrected chi connectivity index (χ0v) is 17.3. The number of ether oxygens (including phenoxy) is 2. The molecule has 8 heteroatoms. The Kier molecular flexibility index (Phi) is 6.30. The Hall–Kier alpha value is -3.94. The number of aromatic nitrogens is 2. The van der Waals surface area contributed by atoms with E-state index in [0.717, 1.165) is 4.57 Å². The fourth-order valence-corrected chi connectivity index (χ4v) is 3.33. The van der Waals surface area contributed by atoms with Crippen molar-refractivity contribution in [2.45, 2.75) is 13.5 Å². The zero-order valence-electron chi connectivity index (χ0n) is 17.3. The summed E-state index contributed by atoms with van der Waals surface area (Å²) in [6.45, 7) is -0.581. The third-order valence-corrected chi connectivity index (χ3v) is 4.73. The molecule has 0 saturated heterocycles. The molecule has 3 aromatic carbocycles. The van der Waals surface area contributed by atoms with Crippen LogP contribution in [-0.4, -0.2) is 28.7 Å². The number of halogens is 2. The molecule has 0 bridgehead atoms. The second-order valence-electron chi connectivity index (χ2n) is 6.87. The van der Waals surface area contributed by atoms with Gasteiger partial charge in [0.1, 0.15) is 5.82 Å². The van der Waals surface area contributed by atoms with Crippen LogP contribution in [0.2, 0.25) is 0 Å². The maximum atomic E-state index is 13.7. The lowest BCUT2D eigenvalue weighted by Crippen LogP contribution is -2.20. The number of rotatable bonds is 8. The number of hydrogen-bond acceptors (Lipinski definition) is 4. The van der Waals surface area contributed by atoms with Gasteiger partial charge in [0.05, 0.1) is 17.6 Å². The average Bonchev–Trinajstić information content (AvgIpc) is 3.19. The quantitative estimate of drug-likeness (QED) is 0.395. The minimum Gasteiger partial charge on any atom is -0.490 e. The van der Waals surface area contributed by atoms with Gasteiger partial charge in [0, 0.05) is 11.3 Å². The molecule has 4 rings (SSSR count). The number of alkyl halides is 2. The van der Waals surface area contributed by atoms with Crippen molar-refractivity contribution >= 4 is 22.6 Å². The number of nitrogens with zero attached hydrogens (tertiary/aromatic N) is 2. The number of imidazole rings is 1. The SMILES string of the molecule is CCOc1ccccc1OCC(=O)Nc1ccc(-c2nc3ccccc3n2C(F)F)cc1. The molecule has 0 aliphatic carbocycles. The standard InChI is InChI=1S/C24H21F2N3O3/c1-2-31-20-9-5-6-10-21(20)32-15-22(30)27-17-13-11-16(12-14-17)23-28-18-7-3-4-8-19(18)29(23)24(25)26/h3-14,24H,2,15H2,1H3,(H,27,30). The van der Waals surface area contributed by atoms with E-state index in [1.807, 2.05) is 13.0 Å². The highest BCUT2D eigenvalue weighted by Crippen LogP contribution is 2.30. The lowest BCUT2D eigenvalue weighted by Gasteiger charge is -2.12. The molecular weight excluding hydrogens is 416 g/mol. The Morgan fingerprint density at radius 1 is 0.969 bits per heavy atom. The molecule has 0 aliphatic heterocycles. The van der Waals surface area contributed by atoms with Gasteiger partial charge in [-0.1, -0.05) is 24.3 Å². The van der Waals surface area contributed by atoms with E-state index in [9.17, 15) is 13.6 Å². The van der Waals surface area contributed by atoms with Crippen molar-refractivity contribution in [3.05, 3.63) is 72.8 Å². The molecule has 0 spiro atoms. The number of benzene rings is 3. The van der Waals surface area contributed by atoms with Crippen molar-refractivity contribution < 1.29 is 23.0 Å². The van der Waals surface area contributed by atoms with Crippen molar-refractivity contribution in [2.24, 2.45) is 0 Å². The first-order chi connectivity index (χ1) is 15.6. The molecule has 0 saturated carbocycles. The number of amides is 1. The van der Waals surface area contributed by atoms with Gasteiger partial charge in [-0.15, -0.1) is 0 Å². The normalized spacial score (nSPS) is 11.0. The van der Waals surface area contributed by atoms with Gasteiger partial charge in [0.2, 0.25) is 0 Å². The van der Waals surface area contributed by atoms with Crippen molar-refractivity contribution in [1.82, 2.24) is 9.55 Å². The summed E-state index contributed by atoms with van der Waals surface area (Å²) in [6.07, 6.45) is 0. The molecular formula is C24H21F2N3O3. The second-order valence-corrected chi connectivity index (χ2v) is 6.87. The van der Waals surface area contributed by atoms with E-state index >= 15 is 0 Å². The van der Waals surface area contributed by atoms with E-state index in [4.69, 9.17) is 9.47 Å². The van der Waals surface area contributed by atoms with E-state index < -0.39 is 6.55 Å². The summed E-state index contributed by atoms with van der Waals surface area (Å²) < 4.78 is 39.3. The second kappa shape index (κ2) is 9.47. The Labute approximate surface area is 183 Å². The summed E-state index contributed by atoms with van der Waals surface area (Å²) in [4.78, 5) is 16.6. The van der Waals surface area contributed by atoms with Gasteiger partial charge in [0.15, 0.2) is 18.1 Å². The van der Waals surface area contributed by atoms with E-state index in [1.165, 1.54) is 0 Å². The van der Waals surface area contributed by atoms with Crippen molar-refractivity contribution in [1.29, 1.82) is 0 Å². The molecule has 32 heavy (non-hydrogen) atoms. The number of carbonyl (C=O) groups excluding carboxylic acids is 1. The van der Waals surface area contributed by atoms with Crippen LogP contribution < -0.4 is 14.8 Å². The van der Waals surface area contributed by atoms with E-state index in [2.05, 4.69) is 10.3 Å². The number of anilines is 1. The Balaban J connectivity index is 1.45. The van der Waals surface area contributed by atoms with Gasteiger partial charge in [-0.3, -0.25) is 9.36 Å². The third-order valence-electron chi connectivity index (χ3n) is 4.73. The van der Waals surface area contributed by atoms with Crippen LogP contribution in [0.1, 0.15) is 13.5 Å². The zero-order chi connectivity index (χ0) is 22.5. The highest BCUT2D eigenvalue weighted by Gasteiger charge is 2.18. The minimum atomic E-state index is -2.73. The first-order valence-electron chi connectivity index (χ1n) is 10.1. The van der Waals surface area contributed by atoms with Crippen LogP contribution in [0.25, 0.3) is 22.4 Å². The summed E-state index contributed by atoms with van der Waals surface area (Å²) in [5, 5.41) is 2.73. The molecule has 4 aromatic rings. The van der Waals surface area contributed by atoms with Gasteiger partial charge in [-0.2, -0.15) is 8.78 Å². The Morgan fingerprint density at radius 3 is 2.31 bits per heavy atom. The van der Waals surface area contributed by atoms with Crippen LogP contribution >= 0.6 is 0 Å². The number of carbonyl (C=O) groups is 1. The van der Waals surface area contributed by atoms with Crippen LogP contribution in [-0.2, 0) is 4.79 Å². The summed E-state index contributed by atoms with van der Waals surface area (Å²) in [6, 6.07) is 20.4. The highest BCUT2D eigenvalue weighted by molar-refractivity contribution is 5.92. The van der Waals surface area contributed by atoms with Gasteiger partial charge < -0.3 is 14.8 Å². The first-order valence-corrected chi connectivity index (χ1v) is 10.1. The number of fused-ring (bicyclic) bond motifs is 1. The van der Waals surface area contributed by atoms with Gasteiger partial charge in [-0.05, 0) is 55.5 Å². The van der Waals surface area contributed by atoms with Crippen LogP contribution in [0, 0.1) is 0 Å². The van der Waals surface area contributed by atoms with Crippen LogP contribution in [0.4, 0.5) is 14.5 Å². The highest BCUT2D eigenvalue weighted by atomic mass is 19.3. The molecule has 164 valence electrons. The molecule has 6 nitrogen and oxygen atoms in total. The smallest absolute Gasteiger partial charge is 0.320 e. The van der Waals surface area contributed by atoms with Crippen molar-refractivity contribution in [3.8, 4) is 22.9 Å². The number of hydrogen-bond donors (Lipinski definition) is 1. The number of para-hydroxylation sites is 4. The van der Waals surface area contributed by atoms with Crippen molar-refractivity contribution in [3.63, 3.8) is 0 Å². The lowest BCUT2D eigenvalue weighted by atomic mass is 10.2. The lowest BCUT2D eigenvalue weighted by molar-refractivity contribution is -0.118. The molecule has 1 heterocycles.